The number of hydrogen-bond acceptors (Lipinski definition) is 6. The Labute approximate surface area is 116 Å². The Morgan fingerprint density at radius 2 is 2.16 bits per heavy atom. The van der Waals surface area contributed by atoms with E-state index in [1.165, 1.54) is 4.57 Å². The van der Waals surface area contributed by atoms with E-state index in [2.05, 4.69) is 10.2 Å². The van der Waals surface area contributed by atoms with Gasteiger partial charge in [0.1, 0.15) is 6.10 Å². The average Bonchev–Trinajstić information content (AvgIpc) is 2.72. The Bertz CT molecular complexity index is 537. The molecule has 1 aliphatic rings. The molecule has 19 heavy (non-hydrogen) atoms. The molecule has 0 radical (unpaired) electrons. The number of hydrogen-bond donors (Lipinski definition) is 0. The number of aromatic nitrogens is 3. The zero-order valence-corrected chi connectivity index (χ0v) is 12.3. The second-order valence-electron chi connectivity index (χ2n) is 4.72. The lowest BCUT2D eigenvalue weighted by molar-refractivity contribution is -0.0951. The molecular weight excluding hydrogens is 294 g/mol. The van der Waals surface area contributed by atoms with Crippen LogP contribution < -0.4 is 0 Å². The Morgan fingerprint density at radius 3 is 2.68 bits per heavy atom. The van der Waals surface area contributed by atoms with Crippen LogP contribution in [0, 0.1) is 5.92 Å². The first-order chi connectivity index (χ1) is 8.89. The van der Waals surface area contributed by atoms with Crippen LogP contribution in [-0.2, 0) is 25.1 Å². The van der Waals surface area contributed by atoms with E-state index in [1.54, 1.807) is 0 Å². The summed E-state index contributed by atoms with van der Waals surface area (Å²) in [5.41, 5.74) is 0. The number of nitrogens with zero attached hydrogens (tertiary/aromatic N) is 3. The quantitative estimate of drug-likeness (QED) is 0.770. The van der Waals surface area contributed by atoms with E-state index in [-0.39, 0.29) is 11.1 Å². The second kappa shape index (κ2) is 5.74. The van der Waals surface area contributed by atoms with Gasteiger partial charge < -0.3 is 9.47 Å². The van der Waals surface area contributed by atoms with Crippen LogP contribution in [-0.4, -0.2) is 43.0 Å². The van der Waals surface area contributed by atoms with E-state index in [9.17, 15) is 8.42 Å². The van der Waals surface area contributed by atoms with E-state index in [0.29, 0.717) is 32.2 Å². The van der Waals surface area contributed by atoms with Crippen LogP contribution in [0.3, 0.4) is 0 Å². The molecule has 0 spiro atoms. The molecule has 0 saturated carbocycles. The lowest BCUT2D eigenvalue weighted by atomic mass is 10.2. The van der Waals surface area contributed by atoms with Crippen molar-refractivity contribution >= 4 is 19.7 Å². The van der Waals surface area contributed by atoms with Crippen molar-refractivity contribution in [2.45, 2.75) is 31.7 Å². The minimum absolute atomic E-state index is 0.219. The van der Waals surface area contributed by atoms with Crippen molar-refractivity contribution in [1.29, 1.82) is 0 Å². The molecule has 0 amide bonds. The second-order valence-corrected chi connectivity index (χ2v) is 7.18. The molecule has 1 unspecified atom stereocenters. The SMILES string of the molecule is CC(C)Cn1c(C2COCCO2)nnc1S(=O)(=O)Cl. The van der Waals surface area contributed by atoms with Gasteiger partial charge in [0.15, 0.2) is 5.82 Å². The molecule has 0 aliphatic carbocycles. The molecule has 7 nitrogen and oxygen atoms in total. The Morgan fingerprint density at radius 1 is 1.42 bits per heavy atom. The fourth-order valence-electron chi connectivity index (χ4n) is 1.89. The summed E-state index contributed by atoms with van der Waals surface area (Å²) in [5, 5.41) is 7.33. The molecule has 2 heterocycles. The molecule has 0 N–H and O–H groups in total. The van der Waals surface area contributed by atoms with E-state index >= 15 is 0 Å². The Balaban J connectivity index is 2.40. The lowest BCUT2D eigenvalue weighted by Gasteiger charge is -2.23. The van der Waals surface area contributed by atoms with E-state index in [0.717, 1.165) is 0 Å². The van der Waals surface area contributed by atoms with Gasteiger partial charge >= 0.3 is 0 Å². The summed E-state index contributed by atoms with van der Waals surface area (Å²) >= 11 is 0. The molecule has 1 aromatic heterocycles. The molecule has 0 aromatic carbocycles. The van der Waals surface area contributed by atoms with Gasteiger partial charge in [-0.3, -0.25) is 4.57 Å². The highest BCUT2D eigenvalue weighted by molar-refractivity contribution is 8.13. The van der Waals surface area contributed by atoms with Gasteiger partial charge in [-0.05, 0) is 5.92 Å². The van der Waals surface area contributed by atoms with Crippen molar-refractivity contribution < 1.29 is 17.9 Å². The first-order valence-corrected chi connectivity index (χ1v) is 8.27. The molecule has 0 bridgehead atoms. The molecule has 1 atom stereocenters. The maximum Gasteiger partial charge on any atom is 0.296 e. The van der Waals surface area contributed by atoms with Crippen molar-refractivity contribution in [3.8, 4) is 0 Å². The van der Waals surface area contributed by atoms with Crippen molar-refractivity contribution in [2.24, 2.45) is 5.92 Å². The molecule has 108 valence electrons. The zero-order chi connectivity index (χ0) is 14.0. The highest BCUT2D eigenvalue weighted by Gasteiger charge is 2.29. The maximum absolute atomic E-state index is 11.5. The highest BCUT2D eigenvalue weighted by Crippen LogP contribution is 2.24. The first-order valence-electron chi connectivity index (χ1n) is 5.96. The van der Waals surface area contributed by atoms with Crippen LogP contribution in [0.5, 0.6) is 0 Å². The zero-order valence-electron chi connectivity index (χ0n) is 10.7. The van der Waals surface area contributed by atoms with Crippen LogP contribution in [0.25, 0.3) is 0 Å². The average molecular weight is 310 g/mol. The predicted octanol–water partition coefficient (Wildman–Crippen LogP) is 0.950. The highest BCUT2D eigenvalue weighted by atomic mass is 35.7. The van der Waals surface area contributed by atoms with Crippen molar-refractivity contribution in [2.75, 3.05) is 19.8 Å². The minimum Gasteiger partial charge on any atom is -0.376 e. The Hall–Kier alpha value is -0.700. The van der Waals surface area contributed by atoms with Crippen LogP contribution in [0.4, 0.5) is 0 Å². The summed E-state index contributed by atoms with van der Waals surface area (Å²) in [4.78, 5) is 0. The fraction of sp³-hybridized carbons (Fsp3) is 0.800. The van der Waals surface area contributed by atoms with E-state index in [4.69, 9.17) is 20.2 Å². The maximum atomic E-state index is 11.5. The van der Waals surface area contributed by atoms with Crippen molar-refractivity contribution in [3.05, 3.63) is 5.82 Å². The largest absolute Gasteiger partial charge is 0.376 e. The van der Waals surface area contributed by atoms with Crippen LogP contribution in [0.2, 0.25) is 0 Å². The molecule has 1 aromatic rings. The molecular formula is C10H16ClN3O4S. The van der Waals surface area contributed by atoms with Gasteiger partial charge in [-0.1, -0.05) is 13.8 Å². The molecule has 2 rings (SSSR count). The summed E-state index contributed by atoms with van der Waals surface area (Å²) in [6, 6.07) is 0. The van der Waals surface area contributed by atoms with Crippen molar-refractivity contribution in [3.63, 3.8) is 0 Å². The van der Waals surface area contributed by atoms with Gasteiger partial charge in [0.05, 0.1) is 19.8 Å². The smallest absolute Gasteiger partial charge is 0.296 e. The van der Waals surface area contributed by atoms with E-state index < -0.39 is 15.2 Å². The van der Waals surface area contributed by atoms with Gasteiger partial charge in [0, 0.05) is 17.2 Å². The fourth-order valence-corrected chi connectivity index (χ4v) is 2.80. The number of halogens is 1. The standard InChI is InChI=1S/C10H16ClN3O4S/c1-7(2)5-14-9(8-6-17-3-4-18-8)12-13-10(14)19(11,15)16/h7-8H,3-6H2,1-2H3. The first kappa shape index (κ1) is 14.7. The molecule has 9 heteroatoms. The van der Waals surface area contributed by atoms with Crippen LogP contribution in [0.1, 0.15) is 25.8 Å². The summed E-state index contributed by atoms with van der Waals surface area (Å²) in [6.07, 6.45) is -0.410. The van der Waals surface area contributed by atoms with E-state index in [1.807, 2.05) is 13.8 Å². The number of ether oxygens (including phenoxy) is 2. The third-order valence-electron chi connectivity index (χ3n) is 2.62. The van der Waals surface area contributed by atoms with Gasteiger partial charge in [0.25, 0.3) is 14.2 Å². The minimum atomic E-state index is -3.93. The topological polar surface area (TPSA) is 83.3 Å². The van der Waals surface area contributed by atoms with Crippen LogP contribution in [0.15, 0.2) is 5.16 Å². The predicted molar refractivity (Wildman–Crippen MR) is 67.4 cm³/mol. The van der Waals surface area contributed by atoms with Gasteiger partial charge in [-0.15, -0.1) is 10.2 Å². The third-order valence-corrected chi connectivity index (χ3v) is 3.77. The third kappa shape index (κ3) is 3.44. The summed E-state index contributed by atoms with van der Waals surface area (Å²) in [6.45, 7) is 5.68. The monoisotopic (exact) mass is 309 g/mol. The normalized spacial score (nSPS) is 20.9. The molecule has 1 aliphatic heterocycles. The number of rotatable bonds is 4. The Kier molecular flexibility index (Phi) is 4.44. The van der Waals surface area contributed by atoms with Gasteiger partial charge in [-0.2, -0.15) is 0 Å². The van der Waals surface area contributed by atoms with Gasteiger partial charge in [0.2, 0.25) is 0 Å². The summed E-state index contributed by atoms with van der Waals surface area (Å²) in [5.74, 6) is 0.657. The summed E-state index contributed by atoms with van der Waals surface area (Å²) in [7, 11) is 1.44. The lowest BCUT2D eigenvalue weighted by Crippen LogP contribution is -2.26. The van der Waals surface area contributed by atoms with Gasteiger partial charge in [-0.25, -0.2) is 8.42 Å². The molecule has 1 fully saturated rings. The van der Waals surface area contributed by atoms with Crippen LogP contribution >= 0.6 is 10.7 Å². The molecule has 1 saturated heterocycles. The van der Waals surface area contributed by atoms with Crippen molar-refractivity contribution in [1.82, 2.24) is 14.8 Å². The summed E-state index contributed by atoms with van der Waals surface area (Å²) < 4.78 is 35.3.